The summed E-state index contributed by atoms with van der Waals surface area (Å²) >= 11 is 0. The SMILES string of the molecule is C=CC1(Oc2cc(C(=O)OC3C4CC5C3OC(=O)C5C4C(=O)OCCS(=O)(=O)[O-])ccc2F)CCCC1. The maximum Gasteiger partial charge on any atom is 0.338 e. The Kier molecular flexibility index (Phi) is 6.51. The summed E-state index contributed by atoms with van der Waals surface area (Å²) < 4.78 is 69.0. The Morgan fingerprint density at radius 2 is 1.97 bits per heavy atom. The monoisotopic (exact) mass is 537 g/mol. The maximum atomic E-state index is 14.5. The molecule has 2 bridgehead atoms. The van der Waals surface area contributed by atoms with E-state index in [9.17, 15) is 31.7 Å². The van der Waals surface area contributed by atoms with Crippen LogP contribution in [-0.2, 0) is 33.9 Å². The van der Waals surface area contributed by atoms with Crippen molar-refractivity contribution in [2.45, 2.75) is 49.9 Å². The fourth-order valence-corrected chi connectivity index (χ4v) is 6.54. The van der Waals surface area contributed by atoms with Crippen LogP contribution in [0.5, 0.6) is 5.75 Å². The van der Waals surface area contributed by atoms with Gasteiger partial charge in [0, 0.05) is 11.8 Å². The molecule has 37 heavy (non-hydrogen) atoms. The molecule has 1 saturated heterocycles. The largest absolute Gasteiger partial charge is 0.748 e. The minimum atomic E-state index is -4.58. The Hall–Kier alpha value is -2.99. The number of benzene rings is 1. The molecule has 0 aromatic heterocycles. The van der Waals surface area contributed by atoms with Crippen LogP contribution in [0.4, 0.5) is 4.39 Å². The third kappa shape index (κ3) is 4.72. The van der Waals surface area contributed by atoms with Crippen molar-refractivity contribution in [3.63, 3.8) is 0 Å². The van der Waals surface area contributed by atoms with Crippen molar-refractivity contribution in [2.75, 3.05) is 12.4 Å². The van der Waals surface area contributed by atoms with E-state index in [-0.39, 0.29) is 17.2 Å². The van der Waals surface area contributed by atoms with Crippen LogP contribution in [0.25, 0.3) is 0 Å². The van der Waals surface area contributed by atoms with Gasteiger partial charge in [0.05, 0.1) is 33.3 Å². The summed E-state index contributed by atoms with van der Waals surface area (Å²) in [5.74, 6) is -6.63. The summed E-state index contributed by atoms with van der Waals surface area (Å²) in [5.41, 5.74) is -0.683. The molecule has 12 heteroatoms. The van der Waals surface area contributed by atoms with Gasteiger partial charge in [-0.1, -0.05) is 6.58 Å². The quantitative estimate of drug-likeness (QED) is 0.199. The first-order valence-corrected chi connectivity index (χ1v) is 13.7. The van der Waals surface area contributed by atoms with Gasteiger partial charge in [0.15, 0.2) is 11.6 Å². The van der Waals surface area contributed by atoms with E-state index in [0.29, 0.717) is 19.3 Å². The molecule has 3 saturated carbocycles. The maximum absolute atomic E-state index is 14.5. The molecule has 1 heterocycles. The summed E-state index contributed by atoms with van der Waals surface area (Å²) in [6, 6.07) is 3.62. The van der Waals surface area contributed by atoms with Crippen molar-refractivity contribution >= 4 is 28.0 Å². The zero-order valence-corrected chi connectivity index (χ0v) is 20.6. The molecule has 200 valence electrons. The van der Waals surface area contributed by atoms with Crippen LogP contribution in [0.3, 0.4) is 0 Å². The Morgan fingerprint density at radius 1 is 1.24 bits per heavy atom. The lowest BCUT2D eigenvalue weighted by Crippen LogP contribution is -2.44. The lowest BCUT2D eigenvalue weighted by molar-refractivity contribution is -0.155. The Balaban J connectivity index is 1.31. The first kappa shape index (κ1) is 25.7. The molecule has 6 atom stereocenters. The highest BCUT2D eigenvalue weighted by Gasteiger charge is 2.70. The van der Waals surface area contributed by atoms with Crippen molar-refractivity contribution in [3.05, 3.63) is 42.2 Å². The molecular formula is C25H26FO10S-. The second-order valence-electron chi connectivity index (χ2n) is 10.0. The summed E-state index contributed by atoms with van der Waals surface area (Å²) in [7, 11) is -4.58. The molecule has 4 aliphatic rings. The number of ether oxygens (including phenoxy) is 4. The lowest BCUT2D eigenvalue weighted by atomic mass is 9.78. The topological polar surface area (TPSA) is 145 Å². The number of fused-ring (bicyclic) bond motifs is 1. The molecule has 4 fully saturated rings. The number of halogens is 1. The van der Waals surface area contributed by atoms with Crippen LogP contribution in [-0.4, -0.2) is 61.0 Å². The Bertz CT molecular complexity index is 1240. The van der Waals surface area contributed by atoms with Gasteiger partial charge in [0.25, 0.3) is 0 Å². The summed E-state index contributed by atoms with van der Waals surface area (Å²) in [4.78, 5) is 38.3. The number of carbonyl (C=O) groups excluding carboxylic acids is 3. The van der Waals surface area contributed by atoms with E-state index in [1.165, 1.54) is 12.1 Å². The van der Waals surface area contributed by atoms with E-state index in [2.05, 4.69) is 6.58 Å². The van der Waals surface area contributed by atoms with Gasteiger partial charge in [-0.2, -0.15) is 0 Å². The van der Waals surface area contributed by atoms with Crippen molar-refractivity contribution in [1.82, 2.24) is 0 Å². The van der Waals surface area contributed by atoms with Gasteiger partial charge < -0.3 is 23.5 Å². The molecule has 1 aromatic rings. The van der Waals surface area contributed by atoms with Gasteiger partial charge in [-0.05, 0) is 56.4 Å². The van der Waals surface area contributed by atoms with E-state index >= 15 is 0 Å². The first-order chi connectivity index (χ1) is 17.5. The standard InChI is InChI=1S/C25H27FO10S/c1-2-25(7-3-4-8-25)36-17-11-13(5-6-16(17)26)22(27)34-20-14-12-15-19(24(29)35-21(15)20)18(14)23(28)33-9-10-37(30,31)32/h2,5-6,11,14-15,18-21H,1,3-4,7-10,12H2,(H,30,31,32)/p-1. The molecule has 0 amide bonds. The number of rotatable bonds is 9. The van der Waals surface area contributed by atoms with Crippen LogP contribution in [0.1, 0.15) is 42.5 Å². The van der Waals surface area contributed by atoms with E-state index < -0.39 is 81.8 Å². The second kappa shape index (κ2) is 9.39. The van der Waals surface area contributed by atoms with Gasteiger partial charge >= 0.3 is 17.9 Å². The number of hydrogen-bond donors (Lipinski definition) is 0. The minimum absolute atomic E-state index is 0.0250. The van der Waals surface area contributed by atoms with Gasteiger partial charge in [0.2, 0.25) is 0 Å². The number of esters is 3. The highest BCUT2D eigenvalue weighted by atomic mass is 32.2. The summed E-state index contributed by atoms with van der Waals surface area (Å²) in [5, 5.41) is 0. The van der Waals surface area contributed by atoms with Crippen molar-refractivity contribution < 1.29 is 50.7 Å². The molecule has 0 spiro atoms. The van der Waals surface area contributed by atoms with Crippen molar-refractivity contribution in [2.24, 2.45) is 23.7 Å². The molecular weight excluding hydrogens is 511 g/mol. The third-order valence-electron chi connectivity index (χ3n) is 7.94. The average Bonchev–Trinajstić information content (AvgIpc) is 3.58. The van der Waals surface area contributed by atoms with Crippen LogP contribution in [0.15, 0.2) is 30.9 Å². The highest BCUT2D eigenvalue weighted by molar-refractivity contribution is 7.85. The molecule has 1 aliphatic heterocycles. The Labute approximate surface area is 212 Å². The molecule has 5 rings (SSSR count). The van der Waals surface area contributed by atoms with Crippen LogP contribution in [0, 0.1) is 29.5 Å². The molecule has 0 N–H and O–H groups in total. The molecule has 0 radical (unpaired) electrons. The average molecular weight is 538 g/mol. The molecule has 6 unspecified atom stereocenters. The lowest BCUT2D eigenvalue weighted by Gasteiger charge is -2.30. The summed E-state index contributed by atoms with van der Waals surface area (Å²) in [6.45, 7) is 3.16. The van der Waals surface area contributed by atoms with Crippen LogP contribution < -0.4 is 4.74 Å². The van der Waals surface area contributed by atoms with Crippen molar-refractivity contribution in [1.29, 1.82) is 0 Å². The third-order valence-corrected chi connectivity index (χ3v) is 8.61. The predicted octanol–water partition coefficient (Wildman–Crippen LogP) is 2.12. The van der Waals surface area contributed by atoms with E-state index in [1.807, 2.05) is 0 Å². The molecule has 1 aromatic carbocycles. The van der Waals surface area contributed by atoms with E-state index in [1.54, 1.807) is 6.08 Å². The number of carbonyl (C=O) groups is 3. The summed E-state index contributed by atoms with van der Waals surface area (Å²) in [6.07, 6.45) is 3.55. The minimum Gasteiger partial charge on any atom is -0.748 e. The predicted molar refractivity (Wildman–Crippen MR) is 122 cm³/mol. The van der Waals surface area contributed by atoms with Gasteiger partial charge in [0.1, 0.15) is 24.4 Å². The fourth-order valence-electron chi connectivity index (χ4n) is 6.25. The normalized spacial score (nSPS) is 31.1. The van der Waals surface area contributed by atoms with E-state index in [0.717, 1.165) is 18.9 Å². The number of hydrogen-bond acceptors (Lipinski definition) is 10. The van der Waals surface area contributed by atoms with Crippen LogP contribution >= 0.6 is 0 Å². The molecule has 3 aliphatic carbocycles. The highest BCUT2D eigenvalue weighted by Crippen LogP contribution is 2.59. The first-order valence-electron chi connectivity index (χ1n) is 12.2. The zero-order valence-electron chi connectivity index (χ0n) is 19.8. The fraction of sp³-hybridized carbons (Fsp3) is 0.560. The van der Waals surface area contributed by atoms with Gasteiger partial charge in [-0.15, -0.1) is 0 Å². The Morgan fingerprint density at radius 3 is 2.65 bits per heavy atom. The smallest absolute Gasteiger partial charge is 0.338 e. The van der Waals surface area contributed by atoms with E-state index in [4.69, 9.17) is 18.9 Å². The van der Waals surface area contributed by atoms with Crippen LogP contribution in [0.2, 0.25) is 0 Å². The zero-order chi connectivity index (χ0) is 26.5. The van der Waals surface area contributed by atoms with Gasteiger partial charge in [-0.25, -0.2) is 17.6 Å². The van der Waals surface area contributed by atoms with Crippen molar-refractivity contribution in [3.8, 4) is 5.75 Å². The molecule has 10 nitrogen and oxygen atoms in total. The van der Waals surface area contributed by atoms with Gasteiger partial charge in [-0.3, -0.25) is 9.59 Å². The second-order valence-corrected chi connectivity index (χ2v) is 11.6.